The van der Waals surface area contributed by atoms with E-state index in [0.717, 1.165) is 26.1 Å². The first-order valence-corrected chi connectivity index (χ1v) is 6.90. The Labute approximate surface area is 115 Å². The average molecular weight is 261 g/mol. The molecule has 19 heavy (non-hydrogen) atoms. The van der Waals surface area contributed by atoms with E-state index in [1.54, 1.807) is 0 Å². The van der Waals surface area contributed by atoms with Crippen molar-refractivity contribution in [2.24, 2.45) is 0 Å². The minimum absolute atomic E-state index is 0.0577. The van der Waals surface area contributed by atoms with Gasteiger partial charge in [0, 0.05) is 33.2 Å². The van der Waals surface area contributed by atoms with Crippen molar-refractivity contribution < 1.29 is 4.79 Å². The van der Waals surface area contributed by atoms with Crippen molar-refractivity contribution in [1.82, 2.24) is 15.1 Å². The van der Waals surface area contributed by atoms with Gasteiger partial charge in [-0.25, -0.2) is 0 Å². The number of benzene rings is 1. The minimum atomic E-state index is -0.0577. The van der Waals surface area contributed by atoms with Crippen LogP contribution in [0.3, 0.4) is 0 Å². The van der Waals surface area contributed by atoms with E-state index in [1.807, 2.05) is 37.2 Å². The molecule has 1 aliphatic heterocycles. The molecule has 1 aliphatic rings. The molecule has 1 aromatic carbocycles. The van der Waals surface area contributed by atoms with Gasteiger partial charge in [-0.2, -0.15) is 0 Å². The third-order valence-corrected chi connectivity index (χ3v) is 3.67. The summed E-state index contributed by atoms with van der Waals surface area (Å²) in [6.07, 6.45) is 1.04. The molecule has 1 amide bonds. The van der Waals surface area contributed by atoms with Crippen LogP contribution >= 0.6 is 0 Å². The summed E-state index contributed by atoms with van der Waals surface area (Å²) in [4.78, 5) is 16.5. The fourth-order valence-electron chi connectivity index (χ4n) is 2.60. The Morgan fingerprint density at radius 2 is 2.00 bits per heavy atom. The van der Waals surface area contributed by atoms with Crippen molar-refractivity contribution in [2.45, 2.75) is 19.0 Å². The second-order valence-corrected chi connectivity index (χ2v) is 5.14. The molecule has 4 nitrogen and oxygen atoms in total. The summed E-state index contributed by atoms with van der Waals surface area (Å²) in [5, 5.41) is 3.14. The Morgan fingerprint density at radius 3 is 2.68 bits per heavy atom. The molecular weight excluding hydrogens is 238 g/mol. The van der Waals surface area contributed by atoms with Gasteiger partial charge >= 0.3 is 0 Å². The number of amides is 1. The average Bonchev–Trinajstić information content (AvgIpc) is 2.55. The SMILES string of the molecule is CNCC1C(=O)N(C)CCCN1Cc1ccccc1. The number of rotatable bonds is 4. The van der Waals surface area contributed by atoms with Crippen LogP contribution in [0.4, 0.5) is 0 Å². The number of nitrogens with one attached hydrogen (secondary N) is 1. The zero-order valence-corrected chi connectivity index (χ0v) is 11.8. The van der Waals surface area contributed by atoms with Crippen molar-refractivity contribution in [1.29, 1.82) is 0 Å². The van der Waals surface area contributed by atoms with Crippen LogP contribution in [0.1, 0.15) is 12.0 Å². The van der Waals surface area contributed by atoms with Gasteiger partial charge in [0.1, 0.15) is 6.04 Å². The molecule has 0 spiro atoms. The zero-order valence-electron chi connectivity index (χ0n) is 11.8. The maximum Gasteiger partial charge on any atom is 0.240 e. The Morgan fingerprint density at radius 1 is 1.26 bits per heavy atom. The molecule has 104 valence electrons. The molecular formula is C15H23N3O. The number of nitrogens with zero attached hydrogens (tertiary/aromatic N) is 2. The summed E-state index contributed by atoms with van der Waals surface area (Å²) in [6.45, 7) is 3.37. The van der Waals surface area contributed by atoms with Gasteiger partial charge in [-0.1, -0.05) is 30.3 Å². The first-order valence-electron chi connectivity index (χ1n) is 6.90. The second-order valence-electron chi connectivity index (χ2n) is 5.14. The molecule has 1 atom stereocenters. The smallest absolute Gasteiger partial charge is 0.240 e. The third-order valence-electron chi connectivity index (χ3n) is 3.67. The number of carbonyl (C=O) groups is 1. The molecule has 1 unspecified atom stereocenters. The van der Waals surface area contributed by atoms with Crippen LogP contribution in [0.15, 0.2) is 30.3 Å². The largest absolute Gasteiger partial charge is 0.344 e. The van der Waals surface area contributed by atoms with Crippen LogP contribution < -0.4 is 5.32 Å². The Kier molecular flexibility index (Phi) is 4.93. The van der Waals surface area contributed by atoms with E-state index < -0.39 is 0 Å². The predicted molar refractivity (Wildman–Crippen MR) is 76.8 cm³/mol. The quantitative estimate of drug-likeness (QED) is 0.876. The summed E-state index contributed by atoms with van der Waals surface area (Å²) in [5.41, 5.74) is 1.26. The predicted octanol–water partition coefficient (Wildman–Crippen LogP) is 0.939. The normalized spacial score (nSPS) is 21.5. The van der Waals surface area contributed by atoms with E-state index in [4.69, 9.17) is 0 Å². The highest BCUT2D eigenvalue weighted by molar-refractivity contribution is 5.82. The molecule has 0 aliphatic carbocycles. The number of carbonyl (C=O) groups excluding carboxylic acids is 1. The lowest BCUT2D eigenvalue weighted by atomic mass is 10.1. The third kappa shape index (κ3) is 3.55. The van der Waals surface area contributed by atoms with Crippen LogP contribution in [0, 0.1) is 0 Å². The molecule has 0 radical (unpaired) electrons. The van der Waals surface area contributed by atoms with Crippen LogP contribution in [0.2, 0.25) is 0 Å². The number of hydrogen-bond acceptors (Lipinski definition) is 3. The highest BCUT2D eigenvalue weighted by atomic mass is 16.2. The molecule has 1 aromatic rings. The molecule has 1 heterocycles. The fourth-order valence-corrected chi connectivity index (χ4v) is 2.60. The lowest BCUT2D eigenvalue weighted by Gasteiger charge is -2.29. The zero-order chi connectivity index (χ0) is 13.7. The van der Waals surface area contributed by atoms with Crippen LogP contribution in [0.25, 0.3) is 0 Å². The van der Waals surface area contributed by atoms with Gasteiger partial charge in [0.15, 0.2) is 0 Å². The standard InChI is InChI=1S/C15H23N3O/c1-16-11-14-15(19)17(2)9-6-10-18(14)12-13-7-4-3-5-8-13/h3-5,7-8,14,16H,6,9-12H2,1-2H3. The van der Waals surface area contributed by atoms with Gasteiger partial charge in [0.05, 0.1) is 0 Å². The topological polar surface area (TPSA) is 35.6 Å². The summed E-state index contributed by atoms with van der Waals surface area (Å²) in [7, 11) is 3.80. The highest BCUT2D eigenvalue weighted by Crippen LogP contribution is 2.14. The number of hydrogen-bond donors (Lipinski definition) is 1. The summed E-state index contributed by atoms with van der Waals surface area (Å²) in [5.74, 6) is 0.225. The van der Waals surface area contributed by atoms with E-state index in [2.05, 4.69) is 22.3 Å². The molecule has 1 N–H and O–H groups in total. The van der Waals surface area contributed by atoms with E-state index in [0.29, 0.717) is 6.54 Å². The summed E-state index contributed by atoms with van der Waals surface area (Å²) < 4.78 is 0. The van der Waals surface area contributed by atoms with Crippen molar-refractivity contribution in [3.05, 3.63) is 35.9 Å². The van der Waals surface area contributed by atoms with Crippen molar-refractivity contribution in [3.8, 4) is 0 Å². The van der Waals surface area contributed by atoms with Crippen molar-refractivity contribution >= 4 is 5.91 Å². The minimum Gasteiger partial charge on any atom is -0.344 e. The van der Waals surface area contributed by atoms with E-state index in [-0.39, 0.29) is 11.9 Å². The first kappa shape index (κ1) is 14.0. The van der Waals surface area contributed by atoms with Gasteiger partial charge in [-0.05, 0) is 19.0 Å². The number of likely N-dealkylation sites (N-methyl/N-ethyl adjacent to an activating group) is 2. The molecule has 1 fully saturated rings. The maximum atomic E-state index is 12.4. The fraction of sp³-hybridized carbons (Fsp3) is 0.533. The first-order chi connectivity index (χ1) is 9.22. The Bertz CT molecular complexity index is 407. The van der Waals surface area contributed by atoms with Crippen molar-refractivity contribution in [2.75, 3.05) is 33.7 Å². The van der Waals surface area contributed by atoms with Gasteiger partial charge < -0.3 is 10.2 Å². The van der Waals surface area contributed by atoms with Gasteiger partial charge in [0.25, 0.3) is 0 Å². The Balaban J connectivity index is 2.13. The lowest BCUT2D eigenvalue weighted by molar-refractivity contribution is -0.134. The van der Waals surface area contributed by atoms with Crippen LogP contribution in [0.5, 0.6) is 0 Å². The highest BCUT2D eigenvalue weighted by Gasteiger charge is 2.30. The summed E-state index contributed by atoms with van der Waals surface area (Å²) in [6, 6.07) is 10.3. The molecule has 1 saturated heterocycles. The molecule has 0 aromatic heterocycles. The van der Waals surface area contributed by atoms with E-state index >= 15 is 0 Å². The van der Waals surface area contributed by atoms with Gasteiger partial charge in [-0.3, -0.25) is 9.69 Å². The lowest BCUT2D eigenvalue weighted by Crippen LogP contribution is -2.49. The molecule has 2 rings (SSSR count). The Hall–Kier alpha value is -1.39. The van der Waals surface area contributed by atoms with Crippen molar-refractivity contribution in [3.63, 3.8) is 0 Å². The summed E-state index contributed by atoms with van der Waals surface area (Å²) >= 11 is 0. The maximum absolute atomic E-state index is 12.4. The van der Waals surface area contributed by atoms with Gasteiger partial charge in [-0.15, -0.1) is 0 Å². The van der Waals surface area contributed by atoms with Gasteiger partial charge in [0.2, 0.25) is 5.91 Å². The molecule has 4 heteroatoms. The molecule has 0 saturated carbocycles. The van der Waals surface area contributed by atoms with Crippen LogP contribution in [-0.4, -0.2) is 55.5 Å². The second kappa shape index (κ2) is 6.68. The van der Waals surface area contributed by atoms with E-state index in [9.17, 15) is 4.79 Å². The monoisotopic (exact) mass is 261 g/mol. The van der Waals surface area contributed by atoms with E-state index in [1.165, 1.54) is 5.56 Å². The van der Waals surface area contributed by atoms with Crippen LogP contribution in [-0.2, 0) is 11.3 Å². The molecule has 0 bridgehead atoms.